The maximum Gasteiger partial charge on any atom is 0.295 e. The SMILES string of the molecule is CCOc1ccccc1C1/C(=C(/O)c2ccc(OCC(C)C)cc2)C(=O)C(=O)N1Cc1cccnc1. The quantitative estimate of drug-likeness (QED) is 0.256. The fourth-order valence-corrected chi connectivity index (χ4v) is 4.18. The molecule has 2 heterocycles. The van der Waals surface area contributed by atoms with Crippen molar-refractivity contribution in [1.29, 1.82) is 0 Å². The van der Waals surface area contributed by atoms with Gasteiger partial charge in [-0.05, 0) is 54.8 Å². The van der Waals surface area contributed by atoms with E-state index in [0.717, 1.165) is 5.56 Å². The molecular formula is C29H30N2O5. The fourth-order valence-electron chi connectivity index (χ4n) is 4.18. The Labute approximate surface area is 211 Å². The molecule has 1 fully saturated rings. The number of aromatic nitrogens is 1. The van der Waals surface area contributed by atoms with E-state index in [2.05, 4.69) is 18.8 Å². The third kappa shape index (κ3) is 5.25. The molecule has 1 aliphatic heterocycles. The van der Waals surface area contributed by atoms with Gasteiger partial charge < -0.3 is 19.5 Å². The molecule has 0 spiro atoms. The first-order valence-corrected chi connectivity index (χ1v) is 12.0. The van der Waals surface area contributed by atoms with Gasteiger partial charge in [0.25, 0.3) is 11.7 Å². The first-order chi connectivity index (χ1) is 17.4. The largest absolute Gasteiger partial charge is 0.507 e. The van der Waals surface area contributed by atoms with Gasteiger partial charge in [0.15, 0.2) is 0 Å². The topological polar surface area (TPSA) is 89.0 Å². The highest BCUT2D eigenvalue weighted by Gasteiger charge is 2.47. The molecule has 4 rings (SSSR count). The number of ether oxygens (including phenoxy) is 2. The molecule has 1 saturated heterocycles. The molecule has 2 aromatic carbocycles. The summed E-state index contributed by atoms with van der Waals surface area (Å²) < 4.78 is 11.6. The van der Waals surface area contributed by atoms with E-state index in [4.69, 9.17) is 9.47 Å². The smallest absolute Gasteiger partial charge is 0.295 e. The highest BCUT2D eigenvalue weighted by Crippen LogP contribution is 2.43. The zero-order valence-electron chi connectivity index (χ0n) is 20.7. The third-order valence-electron chi connectivity index (χ3n) is 5.84. The number of ketones is 1. The van der Waals surface area contributed by atoms with Crippen LogP contribution in [0.2, 0.25) is 0 Å². The van der Waals surface area contributed by atoms with Crippen LogP contribution < -0.4 is 9.47 Å². The Hall–Kier alpha value is -4.13. The number of Topliss-reactive ketones (excluding diaryl/α,β-unsaturated/α-hetero) is 1. The number of aliphatic hydroxyl groups excluding tert-OH is 1. The van der Waals surface area contributed by atoms with Gasteiger partial charge >= 0.3 is 0 Å². The van der Waals surface area contributed by atoms with Gasteiger partial charge in [-0.1, -0.05) is 38.1 Å². The molecule has 7 heteroatoms. The molecule has 186 valence electrons. The van der Waals surface area contributed by atoms with Crippen LogP contribution in [-0.2, 0) is 16.1 Å². The van der Waals surface area contributed by atoms with E-state index in [0.29, 0.717) is 41.8 Å². The summed E-state index contributed by atoms with van der Waals surface area (Å²) in [5, 5.41) is 11.3. The predicted octanol–water partition coefficient (Wildman–Crippen LogP) is 5.14. The fraction of sp³-hybridized carbons (Fsp3) is 0.276. The molecular weight excluding hydrogens is 456 g/mol. The Morgan fingerprint density at radius 2 is 1.78 bits per heavy atom. The lowest BCUT2D eigenvalue weighted by Gasteiger charge is -2.26. The number of rotatable bonds is 9. The van der Waals surface area contributed by atoms with Gasteiger partial charge in [0.05, 0.1) is 24.8 Å². The van der Waals surface area contributed by atoms with Gasteiger partial charge in [-0.15, -0.1) is 0 Å². The van der Waals surface area contributed by atoms with Gasteiger partial charge in [-0.3, -0.25) is 14.6 Å². The number of aliphatic hydroxyl groups is 1. The van der Waals surface area contributed by atoms with Crippen LogP contribution in [0.25, 0.3) is 5.76 Å². The van der Waals surface area contributed by atoms with Crippen molar-refractivity contribution in [2.75, 3.05) is 13.2 Å². The number of carbonyl (C=O) groups excluding carboxylic acids is 2. The molecule has 0 radical (unpaired) electrons. The summed E-state index contributed by atoms with van der Waals surface area (Å²) in [6.07, 6.45) is 3.30. The Morgan fingerprint density at radius 3 is 2.44 bits per heavy atom. The normalized spacial score (nSPS) is 17.0. The maximum absolute atomic E-state index is 13.3. The lowest BCUT2D eigenvalue weighted by atomic mass is 9.94. The number of hydrogen-bond acceptors (Lipinski definition) is 6. The second-order valence-electron chi connectivity index (χ2n) is 8.99. The van der Waals surface area contributed by atoms with Crippen LogP contribution in [0.15, 0.2) is 78.6 Å². The van der Waals surface area contributed by atoms with E-state index in [9.17, 15) is 14.7 Å². The molecule has 1 amide bonds. The molecule has 1 atom stereocenters. The molecule has 1 aromatic heterocycles. The molecule has 0 saturated carbocycles. The average molecular weight is 487 g/mol. The van der Waals surface area contributed by atoms with E-state index in [1.807, 2.05) is 31.2 Å². The number of carbonyl (C=O) groups is 2. The number of para-hydroxylation sites is 1. The molecule has 1 N–H and O–H groups in total. The van der Waals surface area contributed by atoms with E-state index < -0.39 is 17.7 Å². The van der Waals surface area contributed by atoms with Crippen LogP contribution in [0.3, 0.4) is 0 Å². The van der Waals surface area contributed by atoms with E-state index in [1.54, 1.807) is 48.8 Å². The highest BCUT2D eigenvalue weighted by atomic mass is 16.5. The second kappa shape index (κ2) is 11.1. The van der Waals surface area contributed by atoms with Crippen molar-refractivity contribution in [3.63, 3.8) is 0 Å². The number of nitrogens with zero attached hydrogens (tertiary/aromatic N) is 2. The molecule has 1 aliphatic rings. The van der Waals surface area contributed by atoms with Crippen molar-refractivity contribution < 1.29 is 24.2 Å². The van der Waals surface area contributed by atoms with Gasteiger partial charge in [-0.25, -0.2) is 0 Å². The minimum Gasteiger partial charge on any atom is -0.507 e. The van der Waals surface area contributed by atoms with Crippen molar-refractivity contribution in [3.05, 3.63) is 95.3 Å². The Kier molecular flexibility index (Phi) is 7.68. The number of hydrogen-bond donors (Lipinski definition) is 1. The van der Waals surface area contributed by atoms with Crippen molar-refractivity contribution in [2.45, 2.75) is 33.4 Å². The van der Waals surface area contributed by atoms with Gasteiger partial charge in [-0.2, -0.15) is 0 Å². The van der Waals surface area contributed by atoms with Crippen LogP contribution >= 0.6 is 0 Å². The minimum absolute atomic E-state index is 0.0203. The van der Waals surface area contributed by atoms with Crippen LogP contribution in [0.4, 0.5) is 0 Å². The van der Waals surface area contributed by atoms with Crippen molar-refractivity contribution >= 4 is 17.4 Å². The van der Waals surface area contributed by atoms with Crippen molar-refractivity contribution in [2.24, 2.45) is 5.92 Å². The lowest BCUT2D eigenvalue weighted by molar-refractivity contribution is -0.140. The number of pyridine rings is 1. The maximum atomic E-state index is 13.3. The Balaban J connectivity index is 1.80. The van der Waals surface area contributed by atoms with Crippen LogP contribution in [0.1, 0.15) is 43.5 Å². The van der Waals surface area contributed by atoms with Crippen LogP contribution in [-0.4, -0.2) is 39.9 Å². The zero-order chi connectivity index (χ0) is 25.7. The number of benzene rings is 2. The molecule has 1 unspecified atom stereocenters. The standard InChI is InChI=1S/C29H30N2O5/c1-4-35-24-10-6-5-9-23(24)26-25(27(32)21-11-13-22(14-12-21)36-18-19(2)3)28(33)29(34)31(26)17-20-8-7-15-30-16-20/h5-16,19,26,32H,4,17-18H2,1-3H3/b27-25-. The first kappa shape index (κ1) is 25.0. The van der Waals surface area contributed by atoms with Gasteiger partial charge in [0.1, 0.15) is 17.3 Å². The summed E-state index contributed by atoms with van der Waals surface area (Å²) in [5.41, 5.74) is 1.84. The molecule has 0 aliphatic carbocycles. The summed E-state index contributed by atoms with van der Waals surface area (Å²) in [6, 6.07) is 16.9. The van der Waals surface area contributed by atoms with E-state index >= 15 is 0 Å². The lowest BCUT2D eigenvalue weighted by Crippen LogP contribution is -2.29. The summed E-state index contributed by atoms with van der Waals surface area (Å²) in [7, 11) is 0. The second-order valence-corrected chi connectivity index (χ2v) is 8.99. The highest BCUT2D eigenvalue weighted by molar-refractivity contribution is 6.46. The summed E-state index contributed by atoms with van der Waals surface area (Å²) in [4.78, 5) is 32.2. The summed E-state index contributed by atoms with van der Waals surface area (Å²) in [6.45, 7) is 7.13. The Bertz CT molecular complexity index is 1250. The number of amides is 1. The molecule has 36 heavy (non-hydrogen) atoms. The predicted molar refractivity (Wildman–Crippen MR) is 136 cm³/mol. The molecule has 3 aromatic rings. The zero-order valence-corrected chi connectivity index (χ0v) is 20.7. The third-order valence-corrected chi connectivity index (χ3v) is 5.84. The monoisotopic (exact) mass is 486 g/mol. The number of likely N-dealkylation sites (tertiary alicyclic amines) is 1. The summed E-state index contributed by atoms with van der Waals surface area (Å²) in [5.74, 6) is -0.0867. The van der Waals surface area contributed by atoms with Gasteiger partial charge in [0.2, 0.25) is 0 Å². The Morgan fingerprint density at radius 1 is 1.03 bits per heavy atom. The average Bonchev–Trinajstić information content (AvgIpc) is 3.13. The van der Waals surface area contributed by atoms with Gasteiger partial charge in [0, 0.05) is 30.1 Å². The first-order valence-electron chi connectivity index (χ1n) is 12.0. The minimum atomic E-state index is -0.829. The van der Waals surface area contributed by atoms with Crippen LogP contribution in [0.5, 0.6) is 11.5 Å². The van der Waals surface area contributed by atoms with E-state index in [1.165, 1.54) is 4.90 Å². The van der Waals surface area contributed by atoms with Crippen molar-refractivity contribution in [1.82, 2.24) is 9.88 Å². The summed E-state index contributed by atoms with van der Waals surface area (Å²) >= 11 is 0. The molecule has 7 nitrogen and oxygen atoms in total. The van der Waals surface area contributed by atoms with Crippen molar-refractivity contribution in [3.8, 4) is 11.5 Å². The van der Waals surface area contributed by atoms with Crippen LogP contribution in [0, 0.1) is 5.92 Å². The molecule has 0 bridgehead atoms. The van der Waals surface area contributed by atoms with E-state index in [-0.39, 0.29) is 17.9 Å².